The average Bonchev–Trinajstić information content (AvgIpc) is 2.28. The second-order valence-corrected chi connectivity index (χ2v) is 5.17. The minimum Gasteiger partial charge on any atom is -0.404 e. The number of halogens is 3. The highest BCUT2D eigenvalue weighted by molar-refractivity contribution is 5.95. The van der Waals surface area contributed by atoms with Crippen LogP contribution in [0.15, 0.2) is 18.2 Å². The number of carbonyl (C=O) groups excluding carboxylic acids is 1. The van der Waals surface area contributed by atoms with Crippen molar-refractivity contribution in [2.45, 2.75) is 38.1 Å². The zero-order valence-electron chi connectivity index (χ0n) is 10.9. The summed E-state index contributed by atoms with van der Waals surface area (Å²) in [4.78, 5) is 12.0. The molecule has 0 saturated heterocycles. The first-order valence-electron chi connectivity index (χ1n) is 6.16. The van der Waals surface area contributed by atoms with Gasteiger partial charge in [0.15, 0.2) is 5.75 Å². The number of nitrogens with two attached hydrogens (primary N) is 1. The molecule has 7 heteroatoms. The Morgan fingerprint density at radius 3 is 2.55 bits per heavy atom. The van der Waals surface area contributed by atoms with E-state index in [1.807, 2.05) is 6.92 Å². The van der Waals surface area contributed by atoms with Crippen LogP contribution in [0.2, 0.25) is 0 Å². The highest BCUT2D eigenvalue weighted by Gasteiger charge is 2.34. The fourth-order valence-electron chi connectivity index (χ4n) is 2.07. The molecule has 1 aromatic rings. The molecule has 0 aromatic heterocycles. The molecule has 0 bridgehead atoms. The van der Waals surface area contributed by atoms with Gasteiger partial charge in [0.05, 0.1) is 5.69 Å². The highest BCUT2D eigenvalue weighted by atomic mass is 19.4. The summed E-state index contributed by atoms with van der Waals surface area (Å²) < 4.78 is 40.4. The minimum absolute atomic E-state index is 0.0894. The van der Waals surface area contributed by atoms with E-state index in [0.717, 1.165) is 25.3 Å². The molecule has 0 atom stereocenters. The molecule has 1 aliphatic rings. The molecule has 1 aliphatic carbocycles. The van der Waals surface area contributed by atoms with E-state index in [4.69, 9.17) is 5.73 Å². The lowest BCUT2D eigenvalue weighted by Gasteiger charge is -2.39. The smallest absolute Gasteiger partial charge is 0.404 e. The monoisotopic (exact) mass is 288 g/mol. The predicted octanol–water partition coefficient (Wildman–Crippen LogP) is 2.84. The Balaban J connectivity index is 2.16. The van der Waals surface area contributed by atoms with Gasteiger partial charge in [-0.15, -0.1) is 13.2 Å². The number of anilines is 1. The topological polar surface area (TPSA) is 64.4 Å². The first-order valence-corrected chi connectivity index (χ1v) is 6.16. The van der Waals surface area contributed by atoms with E-state index in [9.17, 15) is 18.0 Å². The molecule has 0 spiro atoms. The number of benzene rings is 1. The van der Waals surface area contributed by atoms with Gasteiger partial charge in [0.2, 0.25) is 0 Å². The summed E-state index contributed by atoms with van der Waals surface area (Å²) >= 11 is 0. The summed E-state index contributed by atoms with van der Waals surface area (Å²) in [6.45, 7) is 1.90. The Kier molecular flexibility index (Phi) is 3.54. The molecule has 20 heavy (non-hydrogen) atoms. The first kappa shape index (κ1) is 14.5. The number of hydrogen-bond acceptors (Lipinski definition) is 3. The van der Waals surface area contributed by atoms with Crippen molar-refractivity contribution in [3.8, 4) is 5.75 Å². The number of carbonyl (C=O) groups is 1. The highest BCUT2D eigenvalue weighted by Crippen LogP contribution is 2.32. The number of rotatable bonds is 3. The van der Waals surface area contributed by atoms with Gasteiger partial charge in [-0.2, -0.15) is 0 Å². The van der Waals surface area contributed by atoms with Crippen LogP contribution in [-0.4, -0.2) is 17.8 Å². The third-order valence-corrected chi connectivity index (χ3v) is 3.37. The third kappa shape index (κ3) is 3.34. The van der Waals surface area contributed by atoms with Gasteiger partial charge in [-0.3, -0.25) is 4.79 Å². The largest absolute Gasteiger partial charge is 0.573 e. The second-order valence-electron chi connectivity index (χ2n) is 5.17. The Labute approximate surface area is 114 Å². The van der Waals surface area contributed by atoms with Crippen molar-refractivity contribution < 1.29 is 22.7 Å². The number of hydrogen-bond donors (Lipinski definition) is 2. The normalized spacial score (nSPS) is 17.2. The molecule has 0 aliphatic heterocycles. The number of alkyl halides is 3. The maximum atomic E-state index is 12.2. The predicted molar refractivity (Wildman–Crippen MR) is 67.3 cm³/mol. The van der Waals surface area contributed by atoms with Crippen LogP contribution in [0.1, 0.15) is 36.5 Å². The average molecular weight is 288 g/mol. The van der Waals surface area contributed by atoms with Crippen molar-refractivity contribution >= 4 is 11.6 Å². The Bertz CT molecular complexity index is 525. The zero-order chi connectivity index (χ0) is 15.0. The lowest BCUT2D eigenvalue weighted by molar-refractivity contribution is -0.274. The van der Waals surface area contributed by atoms with Gasteiger partial charge in [-0.25, -0.2) is 0 Å². The number of amides is 1. The fraction of sp³-hybridized carbons (Fsp3) is 0.462. The van der Waals surface area contributed by atoms with E-state index < -0.39 is 18.0 Å². The summed E-state index contributed by atoms with van der Waals surface area (Å²) in [6.07, 6.45) is -2.09. The van der Waals surface area contributed by atoms with Crippen LogP contribution >= 0.6 is 0 Å². The van der Waals surface area contributed by atoms with E-state index in [-0.39, 0.29) is 16.8 Å². The van der Waals surface area contributed by atoms with Crippen molar-refractivity contribution in [1.82, 2.24) is 5.32 Å². The maximum absolute atomic E-state index is 12.2. The molecule has 110 valence electrons. The molecule has 1 amide bonds. The van der Waals surface area contributed by atoms with Gasteiger partial charge in [-0.1, -0.05) is 0 Å². The van der Waals surface area contributed by atoms with Crippen LogP contribution in [0, 0.1) is 0 Å². The molecule has 2 rings (SSSR count). The van der Waals surface area contributed by atoms with E-state index >= 15 is 0 Å². The molecular formula is C13H15F3N2O2. The molecule has 1 saturated carbocycles. The molecule has 1 fully saturated rings. The zero-order valence-corrected chi connectivity index (χ0v) is 10.9. The van der Waals surface area contributed by atoms with Crippen molar-refractivity contribution in [3.63, 3.8) is 0 Å². The Morgan fingerprint density at radius 2 is 2.05 bits per heavy atom. The quantitative estimate of drug-likeness (QED) is 0.841. The van der Waals surface area contributed by atoms with Gasteiger partial charge in [0.25, 0.3) is 5.91 Å². The summed E-state index contributed by atoms with van der Waals surface area (Å²) in [5, 5.41) is 2.80. The number of ether oxygens (including phenoxy) is 1. The molecule has 3 N–H and O–H groups in total. The van der Waals surface area contributed by atoms with Gasteiger partial charge in [-0.05, 0) is 44.4 Å². The SMILES string of the molecule is CC1(NC(=O)c2ccc(N)c(OC(F)(F)F)c2)CCC1. The van der Waals surface area contributed by atoms with E-state index in [2.05, 4.69) is 10.1 Å². The third-order valence-electron chi connectivity index (χ3n) is 3.37. The van der Waals surface area contributed by atoms with Crippen molar-refractivity contribution in [1.29, 1.82) is 0 Å². The summed E-state index contributed by atoms with van der Waals surface area (Å²) in [6, 6.07) is 3.59. The van der Waals surface area contributed by atoms with E-state index in [1.165, 1.54) is 12.1 Å². The second kappa shape index (κ2) is 4.88. The molecule has 4 nitrogen and oxygen atoms in total. The van der Waals surface area contributed by atoms with Crippen molar-refractivity contribution in [3.05, 3.63) is 23.8 Å². The standard InChI is InChI=1S/C13H15F3N2O2/c1-12(5-2-6-12)18-11(19)8-3-4-9(17)10(7-8)20-13(14,15)16/h3-4,7H,2,5-6,17H2,1H3,(H,18,19). The fourth-order valence-corrected chi connectivity index (χ4v) is 2.07. The summed E-state index contributed by atoms with van der Waals surface area (Å²) in [5.41, 5.74) is 5.05. The van der Waals surface area contributed by atoms with Crippen LogP contribution in [0.4, 0.5) is 18.9 Å². The van der Waals surface area contributed by atoms with Gasteiger partial charge in [0, 0.05) is 11.1 Å². The van der Waals surface area contributed by atoms with E-state index in [0.29, 0.717) is 0 Å². The van der Waals surface area contributed by atoms with Crippen LogP contribution in [0.5, 0.6) is 5.75 Å². The van der Waals surface area contributed by atoms with Gasteiger partial charge >= 0.3 is 6.36 Å². The van der Waals surface area contributed by atoms with Gasteiger partial charge < -0.3 is 15.8 Å². The Morgan fingerprint density at radius 1 is 1.40 bits per heavy atom. The molecule has 0 heterocycles. The van der Waals surface area contributed by atoms with Crippen LogP contribution < -0.4 is 15.8 Å². The van der Waals surface area contributed by atoms with Crippen LogP contribution in [-0.2, 0) is 0 Å². The number of nitrogen functional groups attached to an aromatic ring is 1. The lowest BCUT2D eigenvalue weighted by Crippen LogP contribution is -2.50. The van der Waals surface area contributed by atoms with Crippen molar-refractivity contribution in [2.24, 2.45) is 0 Å². The van der Waals surface area contributed by atoms with Crippen molar-refractivity contribution in [2.75, 3.05) is 5.73 Å². The molecule has 1 aromatic carbocycles. The lowest BCUT2D eigenvalue weighted by atomic mass is 9.78. The summed E-state index contributed by atoms with van der Waals surface area (Å²) in [7, 11) is 0. The number of nitrogens with one attached hydrogen (secondary N) is 1. The molecule has 0 radical (unpaired) electrons. The van der Waals surface area contributed by atoms with E-state index in [1.54, 1.807) is 0 Å². The Hall–Kier alpha value is -1.92. The maximum Gasteiger partial charge on any atom is 0.573 e. The minimum atomic E-state index is -4.84. The molecular weight excluding hydrogens is 273 g/mol. The van der Waals surface area contributed by atoms with Crippen LogP contribution in [0.3, 0.4) is 0 Å². The first-order chi connectivity index (χ1) is 9.19. The van der Waals surface area contributed by atoms with Crippen LogP contribution in [0.25, 0.3) is 0 Å². The summed E-state index contributed by atoms with van der Waals surface area (Å²) in [5.74, 6) is -0.997. The van der Waals surface area contributed by atoms with Gasteiger partial charge in [0.1, 0.15) is 0 Å². The molecule has 0 unspecified atom stereocenters.